The highest BCUT2D eigenvalue weighted by Crippen LogP contribution is 2.39. The Morgan fingerprint density at radius 1 is 1.26 bits per heavy atom. The van der Waals surface area contributed by atoms with Gasteiger partial charge < -0.3 is 23.9 Å². The molecule has 1 aliphatic heterocycles. The zero-order valence-corrected chi connectivity index (χ0v) is 18.0. The van der Waals surface area contributed by atoms with Crippen LogP contribution in [-0.2, 0) is 16.0 Å². The summed E-state index contributed by atoms with van der Waals surface area (Å²) in [5.74, 6) is 0.787. The molecular weight excluding hydrogens is 404 g/mol. The van der Waals surface area contributed by atoms with Crippen LogP contribution >= 0.6 is 0 Å². The van der Waals surface area contributed by atoms with E-state index in [0.29, 0.717) is 31.7 Å². The molecule has 0 spiro atoms. The highest BCUT2D eigenvalue weighted by molar-refractivity contribution is 5.75. The van der Waals surface area contributed by atoms with Crippen LogP contribution in [-0.4, -0.2) is 53.1 Å². The number of aryl methyl sites for hydroxylation is 1. The molecule has 1 aromatic heterocycles. The molecule has 0 bridgehead atoms. The Hall–Kier alpha value is -3.27. The maximum Gasteiger partial charge on any atom is 0.373 e. The molecule has 166 valence electrons. The van der Waals surface area contributed by atoms with Crippen LogP contribution in [0.5, 0.6) is 17.4 Å². The van der Waals surface area contributed by atoms with Crippen LogP contribution in [0.2, 0.25) is 0 Å². The molecule has 2 aromatic rings. The maximum atomic E-state index is 11.9. The number of morpholine rings is 1. The number of hydrogen-bond donors (Lipinski definition) is 0. The normalized spacial score (nSPS) is 18.5. The van der Waals surface area contributed by atoms with Gasteiger partial charge in [0.25, 0.3) is 0 Å². The summed E-state index contributed by atoms with van der Waals surface area (Å²) in [5, 5.41) is 11.9. The van der Waals surface area contributed by atoms with Gasteiger partial charge in [0.2, 0.25) is 5.82 Å². The van der Waals surface area contributed by atoms with Gasteiger partial charge in [-0.15, -0.1) is 0 Å². The standard InChI is InChI=1S/C21H26N4O6/c1-13(26)5-6-16-7-8-17(18(9-16)29-4)31-21-19(25(27)28)20(22-12-23-21)24-10-14(2)30-15(3)11-24/h7-9,12,14-15H,5-6,10-11H2,1-4H3. The largest absolute Gasteiger partial charge is 0.493 e. The number of ether oxygens (including phenoxy) is 3. The fourth-order valence-corrected chi connectivity index (χ4v) is 3.55. The van der Waals surface area contributed by atoms with Crippen LogP contribution in [0.25, 0.3) is 0 Å². The van der Waals surface area contributed by atoms with E-state index < -0.39 is 4.92 Å². The minimum atomic E-state index is -0.539. The summed E-state index contributed by atoms with van der Waals surface area (Å²) in [6.07, 6.45) is 2.05. The average Bonchev–Trinajstić information content (AvgIpc) is 2.71. The van der Waals surface area contributed by atoms with Gasteiger partial charge in [-0.1, -0.05) is 6.07 Å². The number of aromatic nitrogens is 2. The van der Waals surface area contributed by atoms with Crippen LogP contribution in [0.1, 0.15) is 32.8 Å². The molecule has 0 radical (unpaired) electrons. The number of anilines is 1. The van der Waals surface area contributed by atoms with Crippen molar-refractivity contribution in [3.05, 3.63) is 40.2 Å². The molecule has 1 saturated heterocycles. The van der Waals surface area contributed by atoms with Crippen LogP contribution in [0.15, 0.2) is 24.5 Å². The van der Waals surface area contributed by atoms with Gasteiger partial charge in [0, 0.05) is 19.5 Å². The second kappa shape index (κ2) is 9.69. The second-order valence-electron chi connectivity index (χ2n) is 7.56. The number of methoxy groups -OCH3 is 1. The molecule has 1 aromatic carbocycles. The number of benzene rings is 1. The van der Waals surface area contributed by atoms with Gasteiger partial charge in [-0.3, -0.25) is 10.1 Å². The predicted molar refractivity (Wildman–Crippen MR) is 113 cm³/mol. The van der Waals surface area contributed by atoms with Crippen LogP contribution in [0.4, 0.5) is 11.5 Å². The number of nitro groups is 1. The third kappa shape index (κ3) is 5.46. The van der Waals surface area contributed by atoms with E-state index in [1.54, 1.807) is 18.2 Å². The summed E-state index contributed by atoms with van der Waals surface area (Å²) in [4.78, 5) is 32.6. The molecule has 0 N–H and O–H groups in total. The number of carbonyl (C=O) groups excluding carboxylic acids is 1. The van der Waals surface area contributed by atoms with Gasteiger partial charge in [0.05, 0.1) is 24.2 Å². The van der Waals surface area contributed by atoms with Crippen molar-refractivity contribution >= 4 is 17.3 Å². The molecule has 0 amide bonds. The zero-order valence-electron chi connectivity index (χ0n) is 18.0. The van der Waals surface area contributed by atoms with Crippen molar-refractivity contribution in [1.29, 1.82) is 0 Å². The number of Topliss-reactive ketones (excluding diaryl/α,β-unsaturated/α-hetero) is 1. The predicted octanol–water partition coefficient (Wildman–Crippen LogP) is 3.32. The smallest absolute Gasteiger partial charge is 0.373 e. The van der Waals surface area contributed by atoms with Crippen LogP contribution in [0.3, 0.4) is 0 Å². The number of ketones is 1. The first-order valence-corrected chi connectivity index (χ1v) is 10.0. The highest BCUT2D eigenvalue weighted by atomic mass is 16.6. The Balaban J connectivity index is 1.93. The molecule has 1 fully saturated rings. The Labute approximate surface area is 180 Å². The third-order valence-electron chi connectivity index (χ3n) is 4.87. The molecule has 2 heterocycles. The molecule has 10 nitrogen and oxygen atoms in total. The quantitative estimate of drug-likeness (QED) is 0.459. The SMILES string of the molecule is COc1cc(CCC(C)=O)ccc1Oc1ncnc(N2CC(C)OC(C)C2)c1[N+](=O)[O-]. The van der Waals surface area contributed by atoms with E-state index >= 15 is 0 Å². The van der Waals surface area contributed by atoms with Gasteiger partial charge in [-0.25, -0.2) is 4.98 Å². The second-order valence-corrected chi connectivity index (χ2v) is 7.56. The average molecular weight is 430 g/mol. The summed E-state index contributed by atoms with van der Waals surface area (Å²) >= 11 is 0. The van der Waals surface area contributed by atoms with Crippen molar-refractivity contribution < 1.29 is 23.9 Å². The number of rotatable bonds is 8. The van der Waals surface area contributed by atoms with Crippen molar-refractivity contribution in [3.8, 4) is 17.4 Å². The van der Waals surface area contributed by atoms with Crippen molar-refractivity contribution in [1.82, 2.24) is 9.97 Å². The number of carbonyl (C=O) groups is 1. The Morgan fingerprint density at radius 2 is 1.97 bits per heavy atom. The number of hydrogen-bond acceptors (Lipinski definition) is 9. The Kier molecular flexibility index (Phi) is 7.01. The summed E-state index contributed by atoms with van der Waals surface area (Å²) in [6, 6.07) is 5.19. The van der Waals surface area contributed by atoms with E-state index in [1.165, 1.54) is 20.4 Å². The van der Waals surface area contributed by atoms with Crippen molar-refractivity contribution in [3.63, 3.8) is 0 Å². The summed E-state index contributed by atoms with van der Waals surface area (Å²) in [5.41, 5.74) is 0.583. The fourth-order valence-electron chi connectivity index (χ4n) is 3.55. The van der Waals surface area contributed by atoms with Gasteiger partial charge in [-0.2, -0.15) is 4.98 Å². The maximum absolute atomic E-state index is 11.9. The molecule has 0 saturated carbocycles. The third-order valence-corrected chi connectivity index (χ3v) is 4.87. The first-order chi connectivity index (χ1) is 14.8. The molecule has 2 atom stereocenters. The monoisotopic (exact) mass is 430 g/mol. The summed E-state index contributed by atoms with van der Waals surface area (Å²) in [7, 11) is 1.48. The molecule has 1 aliphatic rings. The van der Waals surface area contributed by atoms with Gasteiger partial charge in [0.15, 0.2) is 11.5 Å². The molecule has 2 unspecified atom stereocenters. The van der Waals surface area contributed by atoms with Crippen LogP contribution < -0.4 is 14.4 Å². The van der Waals surface area contributed by atoms with E-state index in [1.807, 2.05) is 18.7 Å². The van der Waals surface area contributed by atoms with Gasteiger partial charge >= 0.3 is 11.6 Å². The minimum absolute atomic E-state index is 0.0923. The fraction of sp³-hybridized carbons (Fsp3) is 0.476. The van der Waals surface area contributed by atoms with Crippen molar-refractivity contribution in [2.45, 2.75) is 45.8 Å². The summed E-state index contributed by atoms with van der Waals surface area (Å²) < 4.78 is 16.9. The lowest BCUT2D eigenvalue weighted by atomic mass is 10.1. The van der Waals surface area contributed by atoms with E-state index in [4.69, 9.17) is 14.2 Å². The molecule has 31 heavy (non-hydrogen) atoms. The Bertz CT molecular complexity index is 957. The lowest BCUT2D eigenvalue weighted by Crippen LogP contribution is -2.46. The molecule has 10 heteroatoms. The summed E-state index contributed by atoms with van der Waals surface area (Å²) in [6.45, 7) is 6.29. The van der Waals surface area contributed by atoms with Gasteiger partial charge in [-0.05, 0) is 44.9 Å². The molecule has 3 rings (SSSR count). The first kappa shape index (κ1) is 22.4. The minimum Gasteiger partial charge on any atom is -0.493 e. The first-order valence-electron chi connectivity index (χ1n) is 10.0. The lowest BCUT2D eigenvalue weighted by Gasteiger charge is -2.35. The highest BCUT2D eigenvalue weighted by Gasteiger charge is 2.33. The van der Waals surface area contributed by atoms with E-state index in [2.05, 4.69) is 9.97 Å². The Morgan fingerprint density at radius 3 is 2.58 bits per heavy atom. The van der Waals surface area contributed by atoms with Crippen molar-refractivity contribution in [2.24, 2.45) is 0 Å². The van der Waals surface area contributed by atoms with E-state index in [0.717, 1.165) is 5.56 Å². The molecular formula is C21H26N4O6. The molecule has 0 aliphatic carbocycles. The van der Waals surface area contributed by atoms with Crippen LogP contribution in [0, 0.1) is 10.1 Å². The topological polar surface area (TPSA) is 117 Å². The zero-order chi connectivity index (χ0) is 22.5. The number of nitrogens with zero attached hydrogens (tertiary/aromatic N) is 4. The van der Waals surface area contributed by atoms with Gasteiger partial charge in [0.1, 0.15) is 12.1 Å². The van der Waals surface area contributed by atoms with Crippen molar-refractivity contribution in [2.75, 3.05) is 25.1 Å². The lowest BCUT2D eigenvalue weighted by molar-refractivity contribution is -0.385. The van der Waals surface area contributed by atoms with E-state index in [-0.39, 0.29) is 41.1 Å². The van der Waals surface area contributed by atoms with E-state index in [9.17, 15) is 14.9 Å².